The van der Waals surface area contributed by atoms with E-state index in [1.165, 1.54) is 0 Å². The molecule has 2 fully saturated rings. The largest absolute Gasteiger partial charge is 0.387 e. The van der Waals surface area contributed by atoms with Crippen molar-refractivity contribution in [3.8, 4) is 0 Å². The van der Waals surface area contributed by atoms with E-state index in [1.807, 2.05) is 45.4 Å². The highest BCUT2D eigenvalue weighted by Crippen LogP contribution is 2.48. The van der Waals surface area contributed by atoms with Crippen LogP contribution in [0.15, 0.2) is 23.1 Å². The Kier molecular flexibility index (Phi) is 4.62. The predicted molar refractivity (Wildman–Crippen MR) is 100 cm³/mol. The fraction of sp³-hybridized carbons (Fsp3) is 0.556. The monoisotopic (exact) mass is 346 g/mol. The Labute approximate surface area is 147 Å². The number of para-hydroxylation sites is 1. The van der Waals surface area contributed by atoms with Crippen LogP contribution in [0, 0.1) is 23.2 Å². The van der Waals surface area contributed by atoms with Gasteiger partial charge in [0.25, 0.3) is 0 Å². The summed E-state index contributed by atoms with van der Waals surface area (Å²) in [5, 5.41) is 18.3. The van der Waals surface area contributed by atoms with E-state index < -0.39 is 5.54 Å². The van der Waals surface area contributed by atoms with Crippen molar-refractivity contribution in [3.63, 3.8) is 0 Å². The normalized spacial score (nSPS) is 25.1. The lowest BCUT2D eigenvalue weighted by atomic mass is 9.90. The lowest BCUT2D eigenvalue weighted by molar-refractivity contribution is -0.124. The maximum Gasteiger partial charge on any atom is 0.224 e. The number of hydrogen-bond acceptors (Lipinski definition) is 5. The molecule has 1 aliphatic heterocycles. The second-order valence-electron chi connectivity index (χ2n) is 7.13. The number of fused-ring (bicyclic) bond motifs is 1. The molecule has 0 aromatic heterocycles. The maximum atomic E-state index is 12.6. The molecule has 5 nitrogen and oxygen atoms in total. The standard InChI is InChI=1S/C18H26N4OS/c1-18(2,22-17(23)14-11-8-21-9-12(11)14)16(19)10-6-5-7-13(24-4)15(10)20-3/h5-7,11-12,14,19-21H,8-9H2,1-4H3,(H,22,23)/t11-,12+,14+. The summed E-state index contributed by atoms with van der Waals surface area (Å²) in [6, 6.07) is 5.94. The Balaban J connectivity index is 1.77. The molecule has 1 amide bonds. The minimum absolute atomic E-state index is 0.0910. The van der Waals surface area contributed by atoms with Gasteiger partial charge in [0.1, 0.15) is 0 Å². The number of thioether (sulfide) groups is 1. The van der Waals surface area contributed by atoms with Gasteiger partial charge in [-0.2, -0.15) is 0 Å². The smallest absolute Gasteiger partial charge is 0.224 e. The quantitative estimate of drug-likeness (QED) is 0.470. The van der Waals surface area contributed by atoms with Gasteiger partial charge >= 0.3 is 0 Å². The third-order valence-corrected chi connectivity index (χ3v) is 6.00. The van der Waals surface area contributed by atoms with Crippen molar-refractivity contribution in [1.29, 1.82) is 5.41 Å². The molecule has 24 heavy (non-hydrogen) atoms. The van der Waals surface area contributed by atoms with Crippen molar-refractivity contribution in [2.45, 2.75) is 24.3 Å². The lowest BCUT2D eigenvalue weighted by Gasteiger charge is -2.29. The average Bonchev–Trinajstić information content (AvgIpc) is 3.06. The Morgan fingerprint density at radius 3 is 2.58 bits per heavy atom. The molecule has 1 heterocycles. The van der Waals surface area contributed by atoms with E-state index in [9.17, 15) is 4.79 Å². The Hall–Kier alpha value is -1.53. The van der Waals surface area contributed by atoms with Gasteiger partial charge in [0.2, 0.25) is 5.91 Å². The molecule has 130 valence electrons. The van der Waals surface area contributed by atoms with Gasteiger partial charge in [0, 0.05) is 23.4 Å². The summed E-state index contributed by atoms with van der Waals surface area (Å²) in [6.07, 6.45) is 2.02. The van der Waals surface area contributed by atoms with Crippen LogP contribution >= 0.6 is 11.8 Å². The number of anilines is 1. The fourth-order valence-corrected chi connectivity index (χ4v) is 4.40. The van der Waals surface area contributed by atoms with E-state index in [-0.39, 0.29) is 11.8 Å². The molecule has 2 aliphatic rings. The Morgan fingerprint density at radius 2 is 2.00 bits per heavy atom. The first-order valence-electron chi connectivity index (χ1n) is 8.37. The number of rotatable bonds is 6. The van der Waals surface area contributed by atoms with E-state index >= 15 is 0 Å². The number of nitrogens with one attached hydrogen (secondary N) is 4. The molecule has 1 aromatic carbocycles. The molecular weight excluding hydrogens is 320 g/mol. The van der Waals surface area contributed by atoms with Gasteiger partial charge in [-0.15, -0.1) is 11.8 Å². The first-order valence-corrected chi connectivity index (χ1v) is 9.60. The number of carbonyl (C=O) groups is 1. The zero-order valence-electron chi connectivity index (χ0n) is 14.7. The minimum atomic E-state index is -0.704. The first-order chi connectivity index (χ1) is 11.4. The summed E-state index contributed by atoms with van der Waals surface area (Å²) in [4.78, 5) is 13.7. The van der Waals surface area contributed by atoms with Crippen LogP contribution in [0.2, 0.25) is 0 Å². The SMILES string of the molecule is CNc1c(SC)cccc1C(=N)C(C)(C)NC(=O)[C@H]1[C@@H]2CNC[C@@H]21. The molecule has 6 heteroatoms. The number of piperidine rings is 1. The van der Waals surface area contributed by atoms with E-state index in [0.717, 1.165) is 29.2 Å². The molecule has 1 aromatic rings. The lowest BCUT2D eigenvalue weighted by Crippen LogP contribution is -2.51. The van der Waals surface area contributed by atoms with Crippen LogP contribution < -0.4 is 16.0 Å². The number of benzene rings is 1. The van der Waals surface area contributed by atoms with Crippen molar-refractivity contribution in [1.82, 2.24) is 10.6 Å². The second kappa shape index (κ2) is 6.41. The van der Waals surface area contributed by atoms with Gasteiger partial charge in [0.05, 0.1) is 16.9 Å². The first kappa shape index (κ1) is 17.3. The van der Waals surface area contributed by atoms with Crippen LogP contribution in [-0.2, 0) is 4.79 Å². The van der Waals surface area contributed by atoms with E-state index in [2.05, 4.69) is 16.0 Å². The Morgan fingerprint density at radius 1 is 1.33 bits per heavy atom. The summed E-state index contributed by atoms with van der Waals surface area (Å²) in [5.41, 5.74) is 1.52. The molecule has 3 rings (SSSR count). The summed E-state index contributed by atoms with van der Waals surface area (Å²) in [5.74, 6) is 1.19. The van der Waals surface area contributed by atoms with E-state index in [1.54, 1.807) is 11.8 Å². The van der Waals surface area contributed by atoms with Gasteiger partial charge in [-0.25, -0.2) is 0 Å². The summed E-state index contributed by atoms with van der Waals surface area (Å²) in [6.45, 7) is 5.71. The number of carbonyl (C=O) groups excluding carboxylic acids is 1. The highest BCUT2D eigenvalue weighted by Gasteiger charge is 2.57. The van der Waals surface area contributed by atoms with Crippen LogP contribution in [0.4, 0.5) is 5.69 Å². The molecular formula is C18H26N4OS. The zero-order valence-corrected chi connectivity index (χ0v) is 15.5. The van der Waals surface area contributed by atoms with Gasteiger partial charge in [-0.05, 0) is 51.1 Å². The Bertz CT molecular complexity index is 663. The number of amides is 1. The molecule has 1 saturated heterocycles. The van der Waals surface area contributed by atoms with Crippen LogP contribution in [-0.4, -0.2) is 43.6 Å². The van der Waals surface area contributed by atoms with Crippen molar-refractivity contribution >= 4 is 29.1 Å². The molecule has 1 aliphatic carbocycles. The molecule has 0 radical (unpaired) electrons. The van der Waals surface area contributed by atoms with Crippen molar-refractivity contribution in [2.75, 3.05) is 31.7 Å². The molecule has 1 saturated carbocycles. The van der Waals surface area contributed by atoms with Crippen molar-refractivity contribution in [2.24, 2.45) is 17.8 Å². The summed E-state index contributed by atoms with van der Waals surface area (Å²) >= 11 is 1.65. The molecule has 0 bridgehead atoms. The zero-order chi connectivity index (χ0) is 17.5. The van der Waals surface area contributed by atoms with Gasteiger partial charge in [0.15, 0.2) is 0 Å². The fourth-order valence-electron chi connectivity index (χ4n) is 3.77. The molecule has 4 N–H and O–H groups in total. The third kappa shape index (κ3) is 2.93. The molecule has 0 spiro atoms. The van der Waals surface area contributed by atoms with Crippen LogP contribution in [0.1, 0.15) is 19.4 Å². The van der Waals surface area contributed by atoms with Crippen LogP contribution in [0.3, 0.4) is 0 Å². The summed E-state index contributed by atoms with van der Waals surface area (Å²) in [7, 11) is 1.87. The summed E-state index contributed by atoms with van der Waals surface area (Å²) < 4.78 is 0. The number of hydrogen-bond donors (Lipinski definition) is 4. The van der Waals surface area contributed by atoms with E-state index in [0.29, 0.717) is 17.5 Å². The molecule has 0 unspecified atom stereocenters. The highest BCUT2D eigenvalue weighted by molar-refractivity contribution is 7.98. The van der Waals surface area contributed by atoms with Crippen molar-refractivity contribution in [3.05, 3.63) is 23.8 Å². The predicted octanol–water partition coefficient (Wildman–Crippen LogP) is 2.18. The van der Waals surface area contributed by atoms with Gasteiger partial charge in [-0.1, -0.05) is 12.1 Å². The van der Waals surface area contributed by atoms with Crippen LogP contribution in [0.25, 0.3) is 0 Å². The third-order valence-electron chi connectivity index (χ3n) is 5.22. The maximum absolute atomic E-state index is 12.6. The highest BCUT2D eigenvalue weighted by atomic mass is 32.2. The van der Waals surface area contributed by atoms with Crippen LogP contribution in [0.5, 0.6) is 0 Å². The van der Waals surface area contributed by atoms with Gasteiger partial charge in [-0.3, -0.25) is 4.79 Å². The average molecular weight is 347 g/mol. The second-order valence-corrected chi connectivity index (χ2v) is 7.98. The van der Waals surface area contributed by atoms with Gasteiger partial charge < -0.3 is 21.4 Å². The van der Waals surface area contributed by atoms with Crippen molar-refractivity contribution < 1.29 is 4.79 Å². The minimum Gasteiger partial charge on any atom is -0.387 e. The topological polar surface area (TPSA) is 77.0 Å². The van der Waals surface area contributed by atoms with E-state index in [4.69, 9.17) is 5.41 Å². The molecule has 3 atom stereocenters.